The molecule has 0 aliphatic carbocycles. The third kappa shape index (κ3) is 5.77. The van der Waals surface area contributed by atoms with Gasteiger partial charge in [-0.25, -0.2) is 8.42 Å². The van der Waals surface area contributed by atoms with Crippen LogP contribution in [0.4, 0.5) is 11.4 Å². The molecule has 31 heavy (non-hydrogen) atoms. The van der Waals surface area contributed by atoms with Gasteiger partial charge in [0.05, 0.1) is 7.11 Å². The first kappa shape index (κ1) is 22.6. The number of methoxy groups -OCH3 is 1. The molecule has 0 spiro atoms. The number of aromatic nitrogens is 2. The summed E-state index contributed by atoms with van der Waals surface area (Å²) in [6.07, 6.45) is 0.765. The second-order valence-corrected chi connectivity index (χ2v) is 9.40. The number of rotatable bonds is 8. The molecule has 0 atom stereocenters. The van der Waals surface area contributed by atoms with E-state index < -0.39 is 15.9 Å². The van der Waals surface area contributed by atoms with Gasteiger partial charge < -0.3 is 10.1 Å². The number of sulfonamides is 1. The molecule has 8 nitrogen and oxygen atoms in total. The molecule has 0 saturated carbocycles. The predicted molar refractivity (Wildman–Crippen MR) is 120 cm³/mol. The van der Waals surface area contributed by atoms with E-state index in [0.717, 1.165) is 12.1 Å². The number of halogens is 1. The van der Waals surface area contributed by atoms with E-state index in [1.54, 1.807) is 36.4 Å². The molecule has 1 aromatic heterocycles. The average Bonchev–Trinajstić information content (AvgIpc) is 3.17. The maximum atomic E-state index is 12.9. The van der Waals surface area contributed by atoms with Gasteiger partial charge in [0.2, 0.25) is 0 Å². The number of ether oxygens (including phenoxy) is 1. The monoisotopic (exact) mass is 462 g/mol. The van der Waals surface area contributed by atoms with Gasteiger partial charge in [0.25, 0.3) is 15.9 Å². The molecule has 164 valence electrons. The minimum Gasteiger partial charge on any atom is -0.495 e. The van der Waals surface area contributed by atoms with Gasteiger partial charge in [-0.05, 0) is 60.9 Å². The fourth-order valence-electron chi connectivity index (χ4n) is 2.91. The Morgan fingerprint density at radius 2 is 1.81 bits per heavy atom. The van der Waals surface area contributed by atoms with E-state index in [2.05, 4.69) is 34.1 Å². The number of nitrogens with zero attached hydrogens (tertiary/aromatic N) is 1. The van der Waals surface area contributed by atoms with Gasteiger partial charge in [0.1, 0.15) is 10.6 Å². The summed E-state index contributed by atoms with van der Waals surface area (Å²) in [7, 11) is -2.62. The lowest BCUT2D eigenvalue weighted by Gasteiger charge is -2.13. The summed E-state index contributed by atoms with van der Waals surface area (Å²) in [6.45, 7) is 4.13. The lowest BCUT2D eigenvalue weighted by Crippen LogP contribution is -2.16. The standard InChI is InChI=1S/C21H23ClN4O4S/c1-13(2)10-17-11-18(25-24-17)21(27)23-16-8-9-19(30-3)20(12-16)31(28,29)26-15-6-4-14(22)5-7-15/h4-9,11-13,26H,10H2,1-3H3,(H,23,27)(H,24,25). The molecule has 0 saturated heterocycles. The Labute approximate surface area is 186 Å². The molecule has 0 aliphatic rings. The molecular formula is C21H23ClN4O4S. The van der Waals surface area contributed by atoms with Crippen LogP contribution in [0.1, 0.15) is 30.0 Å². The fraction of sp³-hybridized carbons (Fsp3) is 0.238. The van der Waals surface area contributed by atoms with Crippen LogP contribution < -0.4 is 14.8 Å². The van der Waals surface area contributed by atoms with E-state index in [1.165, 1.54) is 19.2 Å². The van der Waals surface area contributed by atoms with Crippen molar-refractivity contribution < 1.29 is 17.9 Å². The molecule has 1 amide bonds. The van der Waals surface area contributed by atoms with Crippen molar-refractivity contribution >= 4 is 38.9 Å². The molecule has 0 radical (unpaired) electrons. The second-order valence-electron chi connectivity index (χ2n) is 7.31. The van der Waals surface area contributed by atoms with Crippen molar-refractivity contribution in [2.24, 2.45) is 5.92 Å². The Kier molecular flexibility index (Phi) is 6.87. The van der Waals surface area contributed by atoms with Gasteiger partial charge in [-0.2, -0.15) is 5.10 Å². The Balaban J connectivity index is 1.83. The molecule has 0 aliphatic heterocycles. The molecule has 3 rings (SSSR count). The van der Waals surface area contributed by atoms with E-state index in [9.17, 15) is 13.2 Å². The summed E-state index contributed by atoms with van der Waals surface area (Å²) in [6, 6.07) is 12.3. The third-order valence-electron chi connectivity index (χ3n) is 4.30. The number of amides is 1. The van der Waals surface area contributed by atoms with Crippen LogP contribution in [0.5, 0.6) is 5.75 Å². The highest BCUT2D eigenvalue weighted by molar-refractivity contribution is 7.92. The number of benzene rings is 2. The number of hydrogen-bond donors (Lipinski definition) is 3. The Bertz CT molecular complexity index is 1170. The first-order valence-corrected chi connectivity index (χ1v) is 11.4. The SMILES string of the molecule is COc1ccc(NC(=O)c2cc(CC(C)C)[nH]n2)cc1S(=O)(=O)Nc1ccc(Cl)cc1. The lowest BCUT2D eigenvalue weighted by molar-refractivity contribution is 0.102. The minimum atomic E-state index is -3.99. The zero-order valence-electron chi connectivity index (χ0n) is 17.3. The third-order valence-corrected chi connectivity index (χ3v) is 5.95. The number of carbonyl (C=O) groups excluding carboxylic acids is 1. The van der Waals surface area contributed by atoms with Crippen LogP contribution in [0.2, 0.25) is 5.02 Å². The van der Waals surface area contributed by atoms with Crippen molar-refractivity contribution in [2.75, 3.05) is 17.1 Å². The van der Waals surface area contributed by atoms with Gasteiger partial charge in [-0.3, -0.25) is 14.6 Å². The number of aromatic amines is 1. The van der Waals surface area contributed by atoms with Crippen LogP contribution >= 0.6 is 11.6 Å². The normalized spacial score (nSPS) is 11.4. The first-order valence-electron chi connectivity index (χ1n) is 9.50. The number of hydrogen-bond acceptors (Lipinski definition) is 5. The predicted octanol–water partition coefficient (Wildman–Crippen LogP) is 4.32. The maximum absolute atomic E-state index is 12.9. The number of H-pyrrole nitrogens is 1. The van der Waals surface area contributed by atoms with Gasteiger partial charge in [0.15, 0.2) is 5.69 Å². The van der Waals surface area contributed by atoms with Crippen LogP contribution in [0.3, 0.4) is 0 Å². The summed E-state index contributed by atoms with van der Waals surface area (Å²) in [4.78, 5) is 12.4. The summed E-state index contributed by atoms with van der Waals surface area (Å²) in [5.74, 6) is 0.0998. The number of nitrogens with one attached hydrogen (secondary N) is 3. The van der Waals surface area contributed by atoms with Gasteiger partial charge in [0, 0.05) is 22.1 Å². The van der Waals surface area contributed by atoms with E-state index >= 15 is 0 Å². The van der Waals surface area contributed by atoms with Crippen molar-refractivity contribution in [2.45, 2.75) is 25.2 Å². The van der Waals surface area contributed by atoms with E-state index in [4.69, 9.17) is 16.3 Å². The fourth-order valence-corrected chi connectivity index (χ4v) is 4.29. The highest BCUT2D eigenvalue weighted by atomic mass is 35.5. The highest BCUT2D eigenvalue weighted by Gasteiger charge is 2.21. The maximum Gasteiger partial charge on any atom is 0.276 e. The van der Waals surface area contributed by atoms with E-state index in [-0.39, 0.29) is 22.0 Å². The molecular weight excluding hydrogens is 440 g/mol. The van der Waals surface area contributed by atoms with E-state index in [0.29, 0.717) is 16.6 Å². The average molecular weight is 463 g/mol. The highest BCUT2D eigenvalue weighted by Crippen LogP contribution is 2.29. The summed E-state index contributed by atoms with van der Waals surface area (Å²) in [5, 5.41) is 10.0. The molecule has 1 heterocycles. The van der Waals surface area contributed by atoms with Crippen LogP contribution in [0, 0.1) is 5.92 Å². The summed E-state index contributed by atoms with van der Waals surface area (Å²) < 4.78 is 33.5. The zero-order chi connectivity index (χ0) is 22.6. The first-order chi connectivity index (χ1) is 14.7. The van der Waals surface area contributed by atoms with Crippen molar-refractivity contribution in [1.29, 1.82) is 0 Å². The Hall–Kier alpha value is -3.04. The molecule has 0 unspecified atom stereocenters. The zero-order valence-corrected chi connectivity index (χ0v) is 18.8. The van der Waals surface area contributed by atoms with Crippen LogP contribution in [-0.2, 0) is 16.4 Å². The smallest absolute Gasteiger partial charge is 0.276 e. The quantitative estimate of drug-likeness (QED) is 0.461. The van der Waals surface area contributed by atoms with Crippen LogP contribution in [-0.4, -0.2) is 31.6 Å². The van der Waals surface area contributed by atoms with Crippen LogP contribution in [0.15, 0.2) is 53.4 Å². The molecule has 10 heteroatoms. The van der Waals surface area contributed by atoms with Crippen molar-refractivity contribution in [3.8, 4) is 5.75 Å². The topological polar surface area (TPSA) is 113 Å². The molecule has 3 aromatic rings. The van der Waals surface area contributed by atoms with Gasteiger partial charge in [-0.1, -0.05) is 25.4 Å². The molecule has 0 fully saturated rings. The Morgan fingerprint density at radius 1 is 1.13 bits per heavy atom. The lowest BCUT2D eigenvalue weighted by atomic mass is 10.1. The number of carbonyl (C=O) groups is 1. The summed E-state index contributed by atoms with van der Waals surface area (Å²) in [5.41, 5.74) is 1.70. The molecule has 0 bridgehead atoms. The number of anilines is 2. The summed E-state index contributed by atoms with van der Waals surface area (Å²) >= 11 is 5.85. The minimum absolute atomic E-state index is 0.120. The van der Waals surface area contributed by atoms with Gasteiger partial charge in [-0.15, -0.1) is 0 Å². The van der Waals surface area contributed by atoms with Gasteiger partial charge >= 0.3 is 0 Å². The van der Waals surface area contributed by atoms with Crippen LogP contribution in [0.25, 0.3) is 0 Å². The van der Waals surface area contributed by atoms with Crippen molar-refractivity contribution in [1.82, 2.24) is 10.2 Å². The van der Waals surface area contributed by atoms with Crippen molar-refractivity contribution in [3.05, 3.63) is 64.9 Å². The Morgan fingerprint density at radius 3 is 2.45 bits per heavy atom. The van der Waals surface area contributed by atoms with E-state index in [1.807, 2.05) is 0 Å². The second kappa shape index (κ2) is 9.40. The molecule has 2 aromatic carbocycles. The largest absolute Gasteiger partial charge is 0.495 e. The molecule has 3 N–H and O–H groups in total. The van der Waals surface area contributed by atoms with Crippen molar-refractivity contribution in [3.63, 3.8) is 0 Å².